The zero-order chi connectivity index (χ0) is 26.2. The van der Waals surface area contributed by atoms with Crippen LogP contribution in [0.2, 0.25) is 0 Å². The summed E-state index contributed by atoms with van der Waals surface area (Å²) in [7, 11) is 0. The Morgan fingerprint density at radius 2 is 1.67 bits per heavy atom. The maximum Gasteiger partial charge on any atom is 0.205 e. The largest absolute Gasteiger partial charge is 0.324 e. The van der Waals surface area contributed by atoms with Gasteiger partial charge in [0.2, 0.25) is 5.82 Å². The minimum atomic E-state index is 0.603. The Labute approximate surface area is 228 Å². The molecule has 1 saturated carbocycles. The number of hydrogen-bond acceptors (Lipinski definition) is 6. The van der Waals surface area contributed by atoms with Crippen LogP contribution in [0.1, 0.15) is 36.8 Å². The van der Waals surface area contributed by atoms with Crippen LogP contribution < -0.4 is 4.90 Å². The molecule has 8 heteroatoms. The lowest BCUT2D eigenvalue weighted by Crippen LogP contribution is -2.41. The normalized spacial score (nSPS) is 15.5. The van der Waals surface area contributed by atoms with Crippen LogP contribution in [0.5, 0.6) is 0 Å². The molecule has 3 heterocycles. The molecular formula is C31H32N8. The lowest BCUT2D eigenvalue weighted by Gasteiger charge is -2.36. The van der Waals surface area contributed by atoms with Crippen molar-refractivity contribution in [2.75, 3.05) is 18.1 Å². The van der Waals surface area contributed by atoms with Crippen molar-refractivity contribution in [1.82, 2.24) is 35.1 Å². The third-order valence-electron chi connectivity index (χ3n) is 7.82. The van der Waals surface area contributed by atoms with E-state index in [1.54, 1.807) is 0 Å². The average Bonchev–Trinajstić information content (AvgIpc) is 3.49. The highest BCUT2D eigenvalue weighted by molar-refractivity contribution is 5.80. The molecule has 8 nitrogen and oxygen atoms in total. The van der Waals surface area contributed by atoms with E-state index >= 15 is 0 Å². The molecule has 2 aliphatic rings. The monoisotopic (exact) mass is 516 g/mol. The Morgan fingerprint density at radius 1 is 0.897 bits per heavy atom. The second-order valence-electron chi connectivity index (χ2n) is 10.6. The van der Waals surface area contributed by atoms with Gasteiger partial charge in [-0.3, -0.25) is 4.90 Å². The topological polar surface area (TPSA) is 78.8 Å². The molecule has 1 fully saturated rings. The number of benzene rings is 3. The molecular weight excluding hydrogens is 484 g/mol. The SMILES string of the molecule is CCc1nc2c(n1Cc1ccc(-c3ccccc3-c3nn[nH]n3)cc1)CN(CC1CC1)CN2c1ccccc1. The molecule has 0 radical (unpaired) electrons. The van der Waals surface area contributed by atoms with Crippen molar-refractivity contribution in [3.8, 4) is 22.5 Å². The summed E-state index contributed by atoms with van der Waals surface area (Å²) in [4.78, 5) is 10.2. The number of imidazole rings is 1. The number of aryl methyl sites for hydroxylation is 1. The Hall–Kier alpha value is -4.30. The van der Waals surface area contributed by atoms with Crippen molar-refractivity contribution in [1.29, 1.82) is 0 Å². The van der Waals surface area contributed by atoms with Gasteiger partial charge in [0, 0.05) is 37.3 Å². The van der Waals surface area contributed by atoms with E-state index in [-0.39, 0.29) is 0 Å². The molecule has 5 aromatic rings. The van der Waals surface area contributed by atoms with E-state index in [0.29, 0.717) is 5.82 Å². The number of fused-ring (bicyclic) bond motifs is 1. The summed E-state index contributed by atoms with van der Waals surface area (Å²) < 4.78 is 2.45. The van der Waals surface area contributed by atoms with Crippen molar-refractivity contribution in [3.05, 3.63) is 95.9 Å². The van der Waals surface area contributed by atoms with Gasteiger partial charge in [0.15, 0.2) is 5.82 Å². The molecule has 196 valence electrons. The smallest absolute Gasteiger partial charge is 0.205 e. The molecule has 39 heavy (non-hydrogen) atoms. The predicted molar refractivity (Wildman–Crippen MR) is 152 cm³/mol. The highest BCUT2D eigenvalue weighted by atomic mass is 15.5. The Bertz CT molecular complexity index is 1550. The van der Waals surface area contributed by atoms with Gasteiger partial charge in [-0.05, 0) is 52.8 Å². The average molecular weight is 517 g/mol. The van der Waals surface area contributed by atoms with Crippen LogP contribution in [-0.2, 0) is 19.5 Å². The van der Waals surface area contributed by atoms with Gasteiger partial charge >= 0.3 is 0 Å². The number of aromatic nitrogens is 6. The Kier molecular flexibility index (Phi) is 6.17. The van der Waals surface area contributed by atoms with Gasteiger partial charge in [0.25, 0.3) is 0 Å². The highest BCUT2D eigenvalue weighted by Gasteiger charge is 2.33. The van der Waals surface area contributed by atoms with Crippen molar-refractivity contribution >= 4 is 11.5 Å². The van der Waals surface area contributed by atoms with Crippen molar-refractivity contribution in [3.63, 3.8) is 0 Å². The van der Waals surface area contributed by atoms with E-state index in [0.717, 1.165) is 67.0 Å². The molecule has 1 aliphatic carbocycles. The fraction of sp³-hybridized carbons (Fsp3) is 0.290. The van der Waals surface area contributed by atoms with E-state index < -0.39 is 0 Å². The van der Waals surface area contributed by atoms with Crippen molar-refractivity contribution in [2.24, 2.45) is 5.92 Å². The minimum absolute atomic E-state index is 0.603. The first-order valence-electron chi connectivity index (χ1n) is 13.8. The van der Waals surface area contributed by atoms with E-state index in [2.05, 4.69) is 103 Å². The number of H-pyrrole nitrogens is 1. The van der Waals surface area contributed by atoms with Crippen LogP contribution in [0.3, 0.4) is 0 Å². The number of nitrogens with one attached hydrogen (secondary N) is 1. The van der Waals surface area contributed by atoms with Crippen LogP contribution in [0, 0.1) is 5.92 Å². The molecule has 0 bridgehead atoms. The summed E-state index contributed by atoms with van der Waals surface area (Å²) in [5.41, 5.74) is 6.97. The van der Waals surface area contributed by atoms with Gasteiger partial charge in [-0.25, -0.2) is 4.98 Å². The first kappa shape index (κ1) is 23.8. The third-order valence-corrected chi connectivity index (χ3v) is 7.82. The van der Waals surface area contributed by atoms with E-state index in [1.807, 2.05) is 18.2 Å². The summed E-state index contributed by atoms with van der Waals surface area (Å²) in [5.74, 6) is 3.69. The van der Waals surface area contributed by atoms with Gasteiger partial charge in [-0.15, -0.1) is 10.2 Å². The predicted octanol–water partition coefficient (Wildman–Crippen LogP) is 5.66. The Balaban J connectivity index is 1.21. The molecule has 0 unspecified atom stereocenters. The standard InChI is InChI=1S/C31H32N8/c1-2-29-32-31-28(20-37(18-22-12-13-22)21-39(31)25-8-4-3-5-9-25)38(29)19-23-14-16-24(17-15-23)26-10-6-7-11-27(26)30-33-35-36-34-30/h3-11,14-17,22H,2,12-13,18-21H2,1H3,(H,33,34,35,36). The third kappa shape index (κ3) is 4.72. The van der Waals surface area contributed by atoms with Gasteiger partial charge in [0.05, 0.1) is 12.4 Å². The number of rotatable bonds is 8. The molecule has 2 aromatic heterocycles. The highest BCUT2D eigenvalue weighted by Crippen LogP contribution is 2.37. The first-order chi connectivity index (χ1) is 19.3. The number of tetrazole rings is 1. The summed E-state index contributed by atoms with van der Waals surface area (Å²) in [5, 5.41) is 14.7. The van der Waals surface area contributed by atoms with Crippen LogP contribution >= 0.6 is 0 Å². The number of para-hydroxylation sites is 1. The van der Waals surface area contributed by atoms with Crippen molar-refractivity contribution < 1.29 is 0 Å². The second kappa shape index (κ2) is 10.1. The fourth-order valence-electron chi connectivity index (χ4n) is 5.66. The number of aromatic amines is 1. The quantitative estimate of drug-likeness (QED) is 0.287. The van der Waals surface area contributed by atoms with E-state index in [4.69, 9.17) is 4.98 Å². The maximum atomic E-state index is 5.20. The number of hydrogen-bond donors (Lipinski definition) is 1. The van der Waals surface area contributed by atoms with Crippen molar-refractivity contribution in [2.45, 2.75) is 39.3 Å². The fourth-order valence-corrected chi connectivity index (χ4v) is 5.66. The second-order valence-corrected chi connectivity index (χ2v) is 10.6. The van der Waals surface area contributed by atoms with Gasteiger partial charge in [0.1, 0.15) is 5.82 Å². The minimum Gasteiger partial charge on any atom is -0.324 e. The van der Waals surface area contributed by atoms with Crippen LogP contribution in [-0.4, -0.2) is 48.3 Å². The van der Waals surface area contributed by atoms with Gasteiger partial charge < -0.3 is 9.47 Å². The van der Waals surface area contributed by atoms with E-state index in [1.165, 1.54) is 29.8 Å². The molecule has 0 atom stereocenters. The molecule has 7 rings (SSSR count). The first-order valence-corrected chi connectivity index (χ1v) is 13.8. The van der Waals surface area contributed by atoms with Crippen LogP contribution in [0.25, 0.3) is 22.5 Å². The molecule has 1 aliphatic heterocycles. The van der Waals surface area contributed by atoms with Crippen LogP contribution in [0.4, 0.5) is 11.5 Å². The molecule has 0 spiro atoms. The zero-order valence-corrected chi connectivity index (χ0v) is 22.2. The maximum absolute atomic E-state index is 5.20. The molecule has 1 N–H and O–H groups in total. The lowest BCUT2D eigenvalue weighted by atomic mass is 9.98. The Morgan fingerprint density at radius 3 is 2.38 bits per heavy atom. The molecule has 0 saturated heterocycles. The van der Waals surface area contributed by atoms with Gasteiger partial charge in [-0.1, -0.05) is 73.7 Å². The zero-order valence-electron chi connectivity index (χ0n) is 22.2. The molecule has 0 amide bonds. The lowest BCUT2D eigenvalue weighted by molar-refractivity contribution is 0.243. The summed E-state index contributed by atoms with van der Waals surface area (Å²) in [6.45, 7) is 6.00. The van der Waals surface area contributed by atoms with Gasteiger partial charge in [-0.2, -0.15) is 5.21 Å². The summed E-state index contributed by atoms with van der Waals surface area (Å²) in [6.07, 6.45) is 3.61. The number of anilines is 2. The van der Waals surface area contributed by atoms with Crippen LogP contribution in [0.15, 0.2) is 78.9 Å². The number of nitrogens with zero attached hydrogens (tertiary/aromatic N) is 7. The summed E-state index contributed by atoms with van der Waals surface area (Å²) in [6, 6.07) is 27.7. The molecule has 3 aromatic carbocycles. The summed E-state index contributed by atoms with van der Waals surface area (Å²) >= 11 is 0. The van der Waals surface area contributed by atoms with E-state index in [9.17, 15) is 0 Å².